The molecule has 1 N–H and O–H groups in total. The molecular formula is C18H23F4NO4Sn. The molecule has 0 aliphatic rings. The minimum atomic E-state index is -5.24. The third kappa shape index (κ3) is 6.11. The van der Waals surface area contributed by atoms with E-state index in [2.05, 4.69) is 14.8 Å². The summed E-state index contributed by atoms with van der Waals surface area (Å²) in [4.78, 5) is 29.8. The van der Waals surface area contributed by atoms with Gasteiger partial charge in [0.1, 0.15) is 0 Å². The Hall–Kier alpha value is -1.78. The van der Waals surface area contributed by atoms with Crippen molar-refractivity contribution < 1.29 is 36.6 Å². The van der Waals surface area contributed by atoms with Crippen LogP contribution in [-0.2, 0) is 14.3 Å². The molecule has 1 atom stereocenters. The van der Waals surface area contributed by atoms with Gasteiger partial charge in [0.15, 0.2) is 0 Å². The van der Waals surface area contributed by atoms with E-state index in [9.17, 15) is 27.2 Å². The number of carbonyl (C=O) groups excluding carboxylic acids is 2. The van der Waals surface area contributed by atoms with E-state index in [1.54, 1.807) is 6.07 Å². The third-order valence-electron chi connectivity index (χ3n) is 3.83. The Kier molecular flexibility index (Phi) is 8.33. The first-order chi connectivity index (χ1) is 12.9. The summed E-state index contributed by atoms with van der Waals surface area (Å²) in [5.74, 6) is -3.13. The Morgan fingerprint density at radius 2 is 1.86 bits per heavy atom. The quantitative estimate of drug-likeness (QED) is 0.347. The zero-order valence-electron chi connectivity index (χ0n) is 16.2. The number of ether oxygens (including phenoxy) is 2. The molecule has 0 fully saturated rings. The third-order valence-corrected chi connectivity index (χ3v) is 9.62. The Bertz CT molecular complexity index is 757. The van der Waals surface area contributed by atoms with Crippen molar-refractivity contribution in [3.8, 4) is 5.75 Å². The summed E-state index contributed by atoms with van der Waals surface area (Å²) in [5, 5.41) is 1.50. The first-order valence-corrected chi connectivity index (χ1v) is 18.4. The van der Waals surface area contributed by atoms with Gasteiger partial charge in [-0.05, 0) is 0 Å². The fourth-order valence-corrected chi connectivity index (χ4v) is 6.76. The van der Waals surface area contributed by atoms with E-state index in [4.69, 9.17) is 9.47 Å². The molecule has 0 bridgehead atoms. The van der Waals surface area contributed by atoms with E-state index in [0.717, 1.165) is 3.58 Å². The monoisotopic (exact) mass is 513 g/mol. The van der Waals surface area contributed by atoms with E-state index >= 15 is 0 Å². The van der Waals surface area contributed by atoms with Crippen LogP contribution >= 0.6 is 0 Å². The first kappa shape index (κ1) is 24.3. The summed E-state index contributed by atoms with van der Waals surface area (Å²) in [6, 6.07) is 2.67. The fraction of sp³-hybridized carbons (Fsp3) is 0.444. The molecule has 0 aromatic heterocycles. The summed E-state index contributed by atoms with van der Waals surface area (Å²) in [6.45, 7) is 1.28. The average molecular weight is 512 g/mol. The second-order valence-corrected chi connectivity index (χ2v) is 21.3. The molecule has 1 rings (SSSR count). The maximum atomic E-state index is 13.7. The number of nitrogens with one attached hydrogen (secondary N) is 1. The second-order valence-electron chi connectivity index (χ2n) is 6.89. The van der Waals surface area contributed by atoms with Crippen molar-refractivity contribution in [3.63, 3.8) is 0 Å². The summed E-state index contributed by atoms with van der Waals surface area (Å²) < 4.78 is 62.6. The van der Waals surface area contributed by atoms with Gasteiger partial charge in [-0.2, -0.15) is 0 Å². The second kappa shape index (κ2) is 9.62. The van der Waals surface area contributed by atoms with Gasteiger partial charge in [0.05, 0.1) is 0 Å². The average Bonchev–Trinajstić information content (AvgIpc) is 2.59. The van der Waals surface area contributed by atoms with Crippen LogP contribution in [0, 0.1) is 0 Å². The predicted molar refractivity (Wildman–Crippen MR) is 99.7 cm³/mol. The zero-order valence-corrected chi connectivity index (χ0v) is 19.1. The molecule has 1 unspecified atom stereocenters. The van der Waals surface area contributed by atoms with E-state index in [-0.39, 0.29) is 18.5 Å². The molecule has 0 saturated carbocycles. The van der Waals surface area contributed by atoms with Crippen molar-refractivity contribution in [1.29, 1.82) is 0 Å². The normalized spacial score (nSPS) is 13.7. The van der Waals surface area contributed by atoms with Gasteiger partial charge < -0.3 is 0 Å². The molecule has 156 valence electrons. The van der Waals surface area contributed by atoms with Gasteiger partial charge in [-0.15, -0.1) is 0 Å². The van der Waals surface area contributed by atoms with E-state index in [0.29, 0.717) is 5.75 Å². The number of rotatable bonds is 7. The maximum absolute atomic E-state index is 13.7. The van der Waals surface area contributed by atoms with Crippen molar-refractivity contribution in [2.24, 2.45) is 0 Å². The van der Waals surface area contributed by atoms with Crippen LogP contribution in [0.25, 0.3) is 5.57 Å². The molecule has 0 heterocycles. The van der Waals surface area contributed by atoms with Crippen molar-refractivity contribution in [1.82, 2.24) is 5.32 Å². The number of methoxy groups -OCH3 is 1. The molecule has 1 aromatic rings. The number of benzene rings is 1. The van der Waals surface area contributed by atoms with Crippen molar-refractivity contribution in [3.05, 3.63) is 30.1 Å². The molecule has 0 aliphatic carbocycles. The Balaban J connectivity index is 3.42. The van der Waals surface area contributed by atoms with Gasteiger partial charge in [-0.25, -0.2) is 0 Å². The molecule has 28 heavy (non-hydrogen) atoms. The van der Waals surface area contributed by atoms with Gasteiger partial charge >= 0.3 is 165 Å². The van der Waals surface area contributed by atoms with Crippen LogP contribution in [0.1, 0.15) is 12.5 Å². The summed E-state index contributed by atoms with van der Waals surface area (Å²) in [7, 11) is 1.42. The van der Waals surface area contributed by atoms with Gasteiger partial charge in [-0.3, -0.25) is 0 Å². The topological polar surface area (TPSA) is 64.6 Å². The molecule has 1 amide bonds. The SMILES string of the molecule is CCOC(=O)C(NC(=O)C(F)(F)F)/C(=C/F)c1cc[c]([Sn]([CH3])([CH3])[CH3])c(OC)c1. The molecule has 0 saturated heterocycles. The summed E-state index contributed by atoms with van der Waals surface area (Å²) >= 11 is -2.60. The van der Waals surface area contributed by atoms with Crippen LogP contribution in [0.15, 0.2) is 24.5 Å². The Labute approximate surface area is 165 Å². The minimum absolute atomic E-state index is 0.0208. The van der Waals surface area contributed by atoms with Crippen LogP contribution in [-0.4, -0.2) is 56.2 Å². The number of amides is 1. The van der Waals surface area contributed by atoms with Crippen LogP contribution < -0.4 is 13.6 Å². The van der Waals surface area contributed by atoms with Gasteiger partial charge in [0, 0.05) is 0 Å². The van der Waals surface area contributed by atoms with Crippen LogP contribution in [0.2, 0.25) is 14.8 Å². The van der Waals surface area contributed by atoms with Crippen molar-refractivity contribution >= 4 is 39.4 Å². The summed E-state index contributed by atoms with van der Waals surface area (Å²) in [5.41, 5.74) is -0.371. The van der Waals surface area contributed by atoms with Gasteiger partial charge in [0.25, 0.3) is 0 Å². The number of alkyl halides is 3. The standard InChI is InChI=1S/C15H14F4NO4.3CH3.Sn/c1-3-24-13(21)12(20-14(22)15(17,18)19)11(8-16)9-5-4-6-10(7-9)23-2;;;;/h4-5,7-8,12H,3H2,1-2H3,(H,20,22);3*1H3;/b11-8+;;;;. The molecule has 1 aromatic carbocycles. The Morgan fingerprint density at radius 1 is 1.25 bits per heavy atom. The first-order valence-electron chi connectivity index (χ1n) is 8.40. The number of hydrogen-bond acceptors (Lipinski definition) is 4. The van der Waals surface area contributed by atoms with Crippen LogP contribution in [0.3, 0.4) is 0 Å². The predicted octanol–water partition coefficient (Wildman–Crippen LogP) is 3.16. The van der Waals surface area contributed by atoms with Gasteiger partial charge in [0.2, 0.25) is 0 Å². The van der Waals surface area contributed by atoms with E-state index in [1.807, 2.05) is 0 Å². The Morgan fingerprint density at radius 3 is 2.29 bits per heavy atom. The number of hydrogen-bond donors (Lipinski definition) is 1. The number of carbonyl (C=O) groups is 2. The summed E-state index contributed by atoms with van der Waals surface area (Å²) in [6.07, 6.45) is -5.26. The molecule has 10 heteroatoms. The molecule has 0 spiro atoms. The fourth-order valence-electron chi connectivity index (χ4n) is 2.49. The molecular weight excluding hydrogens is 489 g/mol. The van der Waals surface area contributed by atoms with Gasteiger partial charge in [-0.1, -0.05) is 0 Å². The van der Waals surface area contributed by atoms with E-state index < -0.39 is 48.0 Å². The molecule has 0 radical (unpaired) electrons. The van der Waals surface area contributed by atoms with Crippen LogP contribution in [0.4, 0.5) is 17.6 Å². The van der Waals surface area contributed by atoms with Crippen LogP contribution in [0.5, 0.6) is 5.75 Å². The molecule has 5 nitrogen and oxygen atoms in total. The zero-order chi connectivity index (χ0) is 21.7. The number of halogens is 4. The van der Waals surface area contributed by atoms with E-state index in [1.165, 1.54) is 31.5 Å². The molecule has 0 aliphatic heterocycles. The van der Waals surface area contributed by atoms with Crippen molar-refractivity contribution in [2.75, 3.05) is 13.7 Å². The number of esters is 1. The van der Waals surface area contributed by atoms with Crippen molar-refractivity contribution in [2.45, 2.75) is 34.0 Å².